The van der Waals surface area contributed by atoms with Gasteiger partial charge in [0.05, 0.1) is 5.70 Å². The first-order chi connectivity index (χ1) is 9.79. The maximum Gasteiger partial charge on any atom is 0.275 e. The van der Waals surface area contributed by atoms with E-state index in [1.165, 1.54) is 0 Å². The van der Waals surface area contributed by atoms with E-state index in [-0.39, 0.29) is 16.3 Å². The molecule has 3 rings (SSSR count). The van der Waals surface area contributed by atoms with Crippen molar-refractivity contribution < 1.29 is 14.4 Å². The van der Waals surface area contributed by atoms with Crippen LogP contribution in [0.25, 0.3) is 0 Å². The molecule has 1 saturated carbocycles. The number of rotatable bonds is 3. The predicted octanol–water partition coefficient (Wildman–Crippen LogP) is 1.84. The van der Waals surface area contributed by atoms with Gasteiger partial charge in [0.2, 0.25) is 0 Å². The van der Waals surface area contributed by atoms with Crippen molar-refractivity contribution in [1.82, 2.24) is 10.5 Å². The van der Waals surface area contributed by atoms with E-state index in [2.05, 4.69) is 10.5 Å². The van der Waals surface area contributed by atoms with Gasteiger partial charge < -0.3 is 14.9 Å². The molecule has 21 heavy (non-hydrogen) atoms. The summed E-state index contributed by atoms with van der Waals surface area (Å²) in [7, 11) is 0. The number of anilines is 1. The predicted molar refractivity (Wildman–Crippen MR) is 77.7 cm³/mol. The third kappa shape index (κ3) is 2.53. The van der Waals surface area contributed by atoms with Crippen LogP contribution < -0.4 is 10.2 Å². The topological polar surface area (TPSA) is 78.6 Å². The SMILES string of the molecule is CC(C)(C)c1cc(N2C(=O)C(Cl)=C(NC3CC3)C2O)no1. The number of halogens is 1. The third-order valence-corrected chi connectivity index (χ3v) is 3.93. The first-order valence-electron chi connectivity index (χ1n) is 6.94. The molecule has 1 aliphatic carbocycles. The number of hydrogen-bond donors (Lipinski definition) is 2. The van der Waals surface area contributed by atoms with Gasteiger partial charge in [0.25, 0.3) is 5.91 Å². The number of aromatic nitrogens is 1. The van der Waals surface area contributed by atoms with Gasteiger partial charge >= 0.3 is 0 Å². The molecule has 1 fully saturated rings. The fraction of sp³-hybridized carbons (Fsp3) is 0.571. The van der Waals surface area contributed by atoms with E-state index in [1.54, 1.807) is 6.07 Å². The van der Waals surface area contributed by atoms with Gasteiger partial charge in [-0.25, -0.2) is 0 Å². The minimum Gasteiger partial charge on any atom is -0.381 e. The second kappa shape index (κ2) is 4.74. The molecule has 1 aromatic heterocycles. The van der Waals surface area contributed by atoms with Gasteiger partial charge in [-0.05, 0) is 12.8 Å². The van der Waals surface area contributed by atoms with E-state index in [4.69, 9.17) is 16.1 Å². The maximum absolute atomic E-state index is 12.2. The molecule has 1 atom stereocenters. The Labute approximate surface area is 127 Å². The number of nitrogens with one attached hydrogen (secondary N) is 1. The van der Waals surface area contributed by atoms with Crippen LogP contribution in [0, 0.1) is 0 Å². The molecule has 0 spiro atoms. The number of aliphatic hydroxyl groups is 1. The Morgan fingerprint density at radius 3 is 2.67 bits per heavy atom. The maximum atomic E-state index is 12.2. The highest BCUT2D eigenvalue weighted by molar-refractivity contribution is 6.45. The summed E-state index contributed by atoms with van der Waals surface area (Å²) in [6, 6.07) is 1.95. The van der Waals surface area contributed by atoms with E-state index in [9.17, 15) is 9.90 Å². The quantitative estimate of drug-likeness (QED) is 0.890. The summed E-state index contributed by atoms with van der Waals surface area (Å²) in [5.74, 6) is 0.432. The molecule has 0 saturated heterocycles. The molecule has 2 N–H and O–H groups in total. The van der Waals surface area contributed by atoms with Crippen LogP contribution in [-0.2, 0) is 10.2 Å². The number of aliphatic hydroxyl groups excluding tert-OH is 1. The molecule has 0 radical (unpaired) electrons. The molecule has 0 bridgehead atoms. The van der Waals surface area contributed by atoms with Crippen molar-refractivity contribution in [2.45, 2.75) is 51.3 Å². The molecular weight excluding hydrogens is 294 g/mol. The summed E-state index contributed by atoms with van der Waals surface area (Å²) < 4.78 is 5.27. The van der Waals surface area contributed by atoms with Crippen molar-refractivity contribution in [3.05, 3.63) is 22.6 Å². The minimum absolute atomic E-state index is 0.00899. The van der Waals surface area contributed by atoms with E-state index >= 15 is 0 Å². The largest absolute Gasteiger partial charge is 0.381 e. The van der Waals surface area contributed by atoms with Gasteiger partial charge in [-0.1, -0.05) is 37.5 Å². The second-order valence-electron chi connectivity index (χ2n) is 6.49. The standard InChI is InChI=1S/C14H18ClN3O3/c1-14(2,3)8-6-9(17-21-8)18-12(19)10(15)11(13(18)20)16-7-4-5-7/h6-7,13,16,20H,4-5H2,1-3H3. The summed E-state index contributed by atoms with van der Waals surface area (Å²) in [6.07, 6.45) is 0.892. The normalized spacial score (nSPS) is 23.2. The summed E-state index contributed by atoms with van der Waals surface area (Å²) in [5, 5.41) is 17.3. The van der Waals surface area contributed by atoms with Crippen molar-refractivity contribution >= 4 is 23.3 Å². The zero-order chi connectivity index (χ0) is 15.4. The summed E-state index contributed by atoms with van der Waals surface area (Å²) in [5.41, 5.74) is 0.121. The Hall–Kier alpha value is -1.53. The molecule has 0 aromatic carbocycles. The highest BCUT2D eigenvalue weighted by Gasteiger charge is 2.42. The van der Waals surface area contributed by atoms with Gasteiger partial charge in [-0.15, -0.1) is 0 Å². The molecule has 114 valence electrons. The first-order valence-corrected chi connectivity index (χ1v) is 7.32. The van der Waals surface area contributed by atoms with Gasteiger partial charge in [-0.3, -0.25) is 9.69 Å². The molecule has 2 aliphatic rings. The number of nitrogens with zero attached hydrogens (tertiary/aromatic N) is 2. The van der Waals surface area contributed by atoms with Crippen LogP contribution in [0.15, 0.2) is 21.3 Å². The Kier molecular flexibility index (Phi) is 3.26. The van der Waals surface area contributed by atoms with Crippen molar-refractivity contribution in [1.29, 1.82) is 0 Å². The van der Waals surface area contributed by atoms with Crippen molar-refractivity contribution in [2.24, 2.45) is 0 Å². The average molecular weight is 312 g/mol. The minimum atomic E-state index is -1.15. The Bertz CT molecular complexity index is 613. The monoisotopic (exact) mass is 311 g/mol. The lowest BCUT2D eigenvalue weighted by molar-refractivity contribution is -0.115. The van der Waals surface area contributed by atoms with Crippen LogP contribution in [0.4, 0.5) is 5.82 Å². The molecule has 1 aliphatic heterocycles. The highest BCUT2D eigenvalue weighted by atomic mass is 35.5. The van der Waals surface area contributed by atoms with Crippen molar-refractivity contribution in [3.8, 4) is 0 Å². The van der Waals surface area contributed by atoms with E-state index in [1.807, 2.05) is 20.8 Å². The lowest BCUT2D eigenvalue weighted by Gasteiger charge is -2.19. The zero-order valence-electron chi connectivity index (χ0n) is 12.2. The van der Waals surface area contributed by atoms with Crippen LogP contribution in [0.5, 0.6) is 0 Å². The molecule has 1 unspecified atom stereocenters. The van der Waals surface area contributed by atoms with Crippen LogP contribution >= 0.6 is 11.6 Å². The van der Waals surface area contributed by atoms with Gasteiger partial charge in [-0.2, -0.15) is 0 Å². The van der Waals surface area contributed by atoms with E-state index in [0.29, 0.717) is 17.5 Å². The Balaban J connectivity index is 1.86. The molecule has 2 heterocycles. The number of carbonyl (C=O) groups excluding carboxylic acids is 1. The average Bonchev–Trinajstić information content (AvgIpc) is 3.03. The number of hydrogen-bond acceptors (Lipinski definition) is 5. The molecule has 1 aromatic rings. The molecule has 6 nitrogen and oxygen atoms in total. The van der Waals surface area contributed by atoms with E-state index in [0.717, 1.165) is 17.7 Å². The van der Waals surface area contributed by atoms with Crippen LogP contribution in [0.3, 0.4) is 0 Å². The van der Waals surface area contributed by atoms with Crippen molar-refractivity contribution in [2.75, 3.05) is 4.90 Å². The summed E-state index contributed by atoms with van der Waals surface area (Å²) in [4.78, 5) is 13.4. The zero-order valence-corrected chi connectivity index (χ0v) is 12.9. The highest BCUT2D eigenvalue weighted by Crippen LogP contribution is 2.34. The smallest absolute Gasteiger partial charge is 0.275 e. The Morgan fingerprint density at radius 1 is 1.48 bits per heavy atom. The summed E-state index contributed by atoms with van der Waals surface area (Å²) in [6.45, 7) is 5.93. The fourth-order valence-electron chi connectivity index (χ4n) is 2.12. The lowest BCUT2D eigenvalue weighted by atomic mass is 9.93. The van der Waals surface area contributed by atoms with E-state index < -0.39 is 12.1 Å². The third-order valence-electron chi connectivity index (χ3n) is 3.57. The Morgan fingerprint density at radius 2 is 2.14 bits per heavy atom. The van der Waals surface area contributed by atoms with Crippen molar-refractivity contribution in [3.63, 3.8) is 0 Å². The lowest BCUT2D eigenvalue weighted by Crippen LogP contribution is -2.38. The molecule has 7 heteroatoms. The van der Waals surface area contributed by atoms with Crippen LogP contribution in [0.1, 0.15) is 39.4 Å². The van der Waals surface area contributed by atoms with Gasteiger partial charge in [0.1, 0.15) is 10.8 Å². The van der Waals surface area contributed by atoms with Crippen LogP contribution in [0.2, 0.25) is 0 Å². The fourth-order valence-corrected chi connectivity index (χ4v) is 2.37. The number of amides is 1. The first kappa shape index (κ1) is 14.4. The summed E-state index contributed by atoms with van der Waals surface area (Å²) >= 11 is 6.04. The van der Waals surface area contributed by atoms with Crippen LogP contribution in [-0.4, -0.2) is 28.4 Å². The molecular formula is C14H18ClN3O3. The van der Waals surface area contributed by atoms with Gasteiger partial charge in [0.15, 0.2) is 12.0 Å². The van der Waals surface area contributed by atoms with Gasteiger partial charge in [0, 0.05) is 17.5 Å². The molecule has 1 amide bonds. The number of carbonyl (C=O) groups is 1. The second-order valence-corrected chi connectivity index (χ2v) is 6.87.